The molecule has 1 aromatic heterocycles. The van der Waals surface area contributed by atoms with Crippen molar-refractivity contribution in [3.05, 3.63) is 57.1 Å². The summed E-state index contributed by atoms with van der Waals surface area (Å²) < 4.78 is 1.86. The van der Waals surface area contributed by atoms with E-state index in [0.717, 1.165) is 10.4 Å². The minimum atomic E-state index is 0.350. The first-order valence-electron chi connectivity index (χ1n) is 7.51. The molecule has 0 spiro atoms. The van der Waals surface area contributed by atoms with Crippen LogP contribution in [0.4, 0.5) is 5.82 Å². The Morgan fingerprint density at radius 2 is 1.88 bits per heavy atom. The number of hydrogen-bond donors (Lipinski definition) is 1. The van der Waals surface area contributed by atoms with E-state index in [1.165, 1.54) is 4.88 Å². The van der Waals surface area contributed by atoms with Crippen LogP contribution < -0.4 is 5.73 Å². The van der Waals surface area contributed by atoms with Crippen LogP contribution in [-0.4, -0.2) is 19.5 Å². The van der Waals surface area contributed by atoms with Gasteiger partial charge in [-0.15, -0.1) is 11.3 Å². The molecule has 2 aliphatic rings. The molecular formula is C17H13Cl2N5S. The van der Waals surface area contributed by atoms with Gasteiger partial charge >= 0.3 is 0 Å². The van der Waals surface area contributed by atoms with E-state index >= 15 is 0 Å². The van der Waals surface area contributed by atoms with E-state index in [1.54, 1.807) is 17.7 Å². The van der Waals surface area contributed by atoms with Crippen molar-refractivity contribution in [2.75, 3.05) is 5.73 Å². The number of nitrogens with two attached hydrogens (primary N) is 1. The van der Waals surface area contributed by atoms with Gasteiger partial charge in [0.1, 0.15) is 0 Å². The summed E-state index contributed by atoms with van der Waals surface area (Å²) in [6.07, 6.45) is 1.63. The number of hydrogen-bond acceptors (Lipinski definition) is 5. The second-order valence-corrected chi connectivity index (χ2v) is 7.69. The Morgan fingerprint density at radius 3 is 2.56 bits per heavy atom. The van der Waals surface area contributed by atoms with Crippen LogP contribution in [-0.2, 0) is 6.54 Å². The second kappa shape index (κ2) is 6.29. The van der Waals surface area contributed by atoms with Crippen LogP contribution >= 0.6 is 34.5 Å². The van der Waals surface area contributed by atoms with E-state index < -0.39 is 0 Å². The maximum Gasteiger partial charge on any atom is 0.172 e. The molecule has 0 saturated heterocycles. The first kappa shape index (κ1) is 16.3. The van der Waals surface area contributed by atoms with Gasteiger partial charge in [0.05, 0.1) is 17.7 Å². The van der Waals surface area contributed by atoms with Crippen molar-refractivity contribution >= 4 is 40.4 Å². The van der Waals surface area contributed by atoms with Gasteiger partial charge in [0, 0.05) is 20.5 Å². The molecule has 1 aromatic carbocycles. The van der Waals surface area contributed by atoms with Crippen LogP contribution in [0.1, 0.15) is 10.4 Å². The van der Waals surface area contributed by atoms with E-state index in [4.69, 9.17) is 28.9 Å². The Morgan fingerprint density at radius 1 is 1.12 bits per heavy atom. The molecule has 0 unspecified atom stereocenters. The summed E-state index contributed by atoms with van der Waals surface area (Å²) in [6.45, 7) is 2.48. The molecule has 0 atom stereocenters. The van der Waals surface area contributed by atoms with Gasteiger partial charge in [-0.3, -0.25) is 0 Å². The molecule has 3 heterocycles. The van der Waals surface area contributed by atoms with E-state index in [1.807, 2.05) is 41.8 Å². The van der Waals surface area contributed by atoms with Crippen molar-refractivity contribution < 1.29 is 0 Å². The van der Waals surface area contributed by atoms with Gasteiger partial charge in [0.15, 0.2) is 23.2 Å². The largest absolute Gasteiger partial charge is 0.382 e. The number of aryl methyl sites for hydroxylation is 1. The molecule has 0 bridgehead atoms. The maximum atomic E-state index is 6.29. The molecule has 0 aliphatic carbocycles. The second-order valence-electron chi connectivity index (χ2n) is 5.59. The topological polar surface area (TPSA) is 69.6 Å². The van der Waals surface area contributed by atoms with Crippen molar-refractivity contribution in [2.24, 2.45) is 0 Å². The van der Waals surface area contributed by atoms with Gasteiger partial charge in [0.2, 0.25) is 0 Å². The predicted molar refractivity (Wildman–Crippen MR) is 102 cm³/mol. The molecule has 0 fully saturated rings. The first-order chi connectivity index (χ1) is 12.0. The normalized spacial score (nSPS) is 11.3. The van der Waals surface area contributed by atoms with Gasteiger partial charge in [-0.05, 0) is 31.2 Å². The number of rotatable bonds is 3. The third-order valence-electron chi connectivity index (χ3n) is 3.84. The first-order valence-corrected chi connectivity index (χ1v) is 9.08. The summed E-state index contributed by atoms with van der Waals surface area (Å²) in [5, 5.41) is 1.19. The fourth-order valence-electron chi connectivity index (χ4n) is 2.59. The predicted octanol–water partition coefficient (Wildman–Crippen LogP) is 4.75. The fourth-order valence-corrected chi connectivity index (χ4v) is 3.91. The number of fused-ring (bicyclic) bond motifs is 1. The highest BCUT2D eigenvalue weighted by Gasteiger charge is 2.21. The molecule has 2 aromatic rings. The molecule has 25 heavy (non-hydrogen) atoms. The number of aromatic nitrogens is 4. The average molecular weight is 390 g/mol. The highest BCUT2D eigenvalue weighted by molar-refractivity contribution is 7.15. The summed E-state index contributed by atoms with van der Waals surface area (Å²) in [5.74, 6) is 1.65. The number of benzene rings is 1. The Kier molecular flexibility index (Phi) is 4.11. The smallest absolute Gasteiger partial charge is 0.172 e. The highest BCUT2D eigenvalue weighted by atomic mass is 35.5. The van der Waals surface area contributed by atoms with Crippen LogP contribution in [0.2, 0.25) is 10.0 Å². The highest BCUT2D eigenvalue weighted by Crippen LogP contribution is 2.33. The van der Waals surface area contributed by atoms with Gasteiger partial charge in [-0.2, -0.15) is 0 Å². The Labute approximate surface area is 158 Å². The number of anilines is 1. The van der Waals surface area contributed by atoms with E-state index in [-0.39, 0.29) is 0 Å². The zero-order valence-electron chi connectivity index (χ0n) is 13.2. The molecule has 4 rings (SSSR count). The lowest BCUT2D eigenvalue weighted by Crippen LogP contribution is -2.09. The van der Waals surface area contributed by atoms with Crippen LogP contribution in [0.5, 0.6) is 0 Å². The molecule has 2 N–H and O–H groups in total. The Bertz CT molecular complexity index is 1020. The maximum absolute atomic E-state index is 6.29. The lowest BCUT2D eigenvalue weighted by molar-refractivity contribution is 0.763. The number of nitrogen functional groups attached to an aromatic ring is 1. The van der Waals surface area contributed by atoms with E-state index in [0.29, 0.717) is 39.8 Å². The third-order valence-corrected chi connectivity index (χ3v) is 5.55. The van der Waals surface area contributed by atoms with Crippen LogP contribution in [0.15, 0.2) is 36.7 Å². The Balaban J connectivity index is 1.83. The quantitative estimate of drug-likeness (QED) is 0.548. The third kappa shape index (κ3) is 2.97. The van der Waals surface area contributed by atoms with Crippen molar-refractivity contribution in [3.8, 4) is 22.2 Å². The molecule has 0 amide bonds. The molecular weight excluding hydrogens is 377 g/mol. The zero-order chi connectivity index (χ0) is 17.6. The van der Waals surface area contributed by atoms with Gasteiger partial charge in [0.25, 0.3) is 0 Å². The molecule has 0 radical (unpaired) electrons. The minimum absolute atomic E-state index is 0.350. The van der Waals surface area contributed by atoms with Crippen molar-refractivity contribution in [3.63, 3.8) is 0 Å². The molecule has 126 valence electrons. The van der Waals surface area contributed by atoms with Crippen LogP contribution in [0.3, 0.4) is 0 Å². The number of halogens is 2. The van der Waals surface area contributed by atoms with Crippen LogP contribution in [0.25, 0.3) is 22.2 Å². The molecule has 0 saturated carbocycles. The summed E-state index contributed by atoms with van der Waals surface area (Å²) >= 11 is 14.2. The van der Waals surface area contributed by atoms with Crippen molar-refractivity contribution in [1.29, 1.82) is 0 Å². The molecule has 5 nitrogen and oxygen atoms in total. The number of nitrogens with zero attached hydrogens (tertiary/aromatic N) is 4. The molecule has 2 aliphatic heterocycles. The van der Waals surface area contributed by atoms with Crippen molar-refractivity contribution in [1.82, 2.24) is 19.5 Å². The summed E-state index contributed by atoms with van der Waals surface area (Å²) in [6, 6.07) is 9.48. The zero-order valence-corrected chi connectivity index (χ0v) is 15.5. The summed E-state index contributed by atoms with van der Waals surface area (Å²) in [4.78, 5) is 15.7. The number of imidazole rings is 1. The fraction of sp³-hybridized carbons (Fsp3) is 0.118. The van der Waals surface area contributed by atoms with Crippen molar-refractivity contribution in [2.45, 2.75) is 13.5 Å². The standard InChI is InChI=1S/C17H13Cl2N5S/c1-9-5-6-13(25-9)16-22-14-15(20)21-8-24(17(14)23-16)7-10-11(18)3-2-4-12(10)19/h2-6,8H,7,20H2,1H3. The van der Waals surface area contributed by atoms with Gasteiger partial charge in [-0.1, -0.05) is 29.3 Å². The minimum Gasteiger partial charge on any atom is -0.382 e. The summed E-state index contributed by atoms with van der Waals surface area (Å²) in [5.41, 5.74) is 7.38. The van der Waals surface area contributed by atoms with Gasteiger partial charge < -0.3 is 10.3 Å². The lowest BCUT2D eigenvalue weighted by atomic mass is 10.2. The SMILES string of the molecule is Cc1ccc(-c2nc3c(N)ncn(Cc4c(Cl)cccc4Cl)c-3n2)s1. The van der Waals surface area contributed by atoms with E-state index in [2.05, 4.69) is 15.0 Å². The molecule has 8 heteroatoms. The van der Waals surface area contributed by atoms with Crippen LogP contribution in [0, 0.1) is 6.92 Å². The Hall–Kier alpha value is -2.15. The van der Waals surface area contributed by atoms with E-state index in [9.17, 15) is 0 Å². The average Bonchev–Trinajstić information content (AvgIpc) is 3.20. The monoisotopic (exact) mass is 389 g/mol. The van der Waals surface area contributed by atoms with Gasteiger partial charge in [-0.25, -0.2) is 15.0 Å². The summed E-state index contributed by atoms with van der Waals surface area (Å²) in [7, 11) is 0. The number of thiophene rings is 1. The lowest BCUT2D eigenvalue weighted by Gasteiger charge is -2.13.